The van der Waals surface area contributed by atoms with Crippen LogP contribution in [0.25, 0.3) is 0 Å². The minimum Gasteiger partial charge on any atom is -0.489 e. The lowest BCUT2D eigenvalue weighted by Crippen LogP contribution is -2.46. The second-order valence-corrected chi connectivity index (χ2v) is 6.48. The van der Waals surface area contributed by atoms with Gasteiger partial charge in [0.2, 0.25) is 0 Å². The maximum absolute atomic E-state index is 11.9. The quantitative estimate of drug-likeness (QED) is 0.704. The molecule has 0 aliphatic carbocycles. The summed E-state index contributed by atoms with van der Waals surface area (Å²) < 4.78 is 11.3. The molecular formula is C21H27N3O3. The highest BCUT2D eigenvalue weighted by Gasteiger charge is 2.09. The van der Waals surface area contributed by atoms with Gasteiger partial charge in [-0.15, -0.1) is 0 Å². The normalized spacial score (nSPS) is 14.5. The molecule has 6 nitrogen and oxygen atoms in total. The van der Waals surface area contributed by atoms with Crippen molar-refractivity contribution in [3.05, 3.63) is 60.2 Å². The van der Waals surface area contributed by atoms with E-state index in [1.54, 1.807) is 0 Å². The largest absolute Gasteiger partial charge is 0.489 e. The van der Waals surface area contributed by atoms with Gasteiger partial charge in [0.25, 0.3) is 5.91 Å². The van der Waals surface area contributed by atoms with E-state index >= 15 is 0 Å². The second kappa shape index (κ2) is 10.5. The summed E-state index contributed by atoms with van der Waals surface area (Å²) in [5.41, 5.74) is 1.12. The van der Waals surface area contributed by atoms with Gasteiger partial charge in [-0.05, 0) is 29.8 Å². The summed E-state index contributed by atoms with van der Waals surface area (Å²) >= 11 is 0. The van der Waals surface area contributed by atoms with Gasteiger partial charge >= 0.3 is 0 Å². The Morgan fingerprint density at radius 1 is 0.963 bits per heavy atom. The zero-order chi connectivity index (χ0) is 18.7. The van der Waals surface area contributed by atoms with E-state index in [1.807, 2.05) is 54.6 Å². The predicted molar refractivity (Wildman–Crippen MR) is 105 cm³/mol. The van der Waals surface area contributed by atoms with E-state index in [2.05, 4.69) is 15.5 Å². The van der Waals surface area contributed by atoms with Crippen molar-refractivity contribution in [1.82, 2.24) is 15.5 Å². The third-order valence-electron chi connectivity index (χ3n) is 4.40. The van der Waals surface area contributed by atoms with Crippen molar-refractivity contribution in [2.45, 2.75) is 6.61 Å². The van der Waals surface area contributed by atoms with Crippen LogP contribution in [0.5, 0.6) is 11.5 Å². The van der Waals surface area contributed by atoms with Crippen molar-refractivity contribution in [1.29, 1.82) is 0 Å². The Balaban J connectivity index is 1.32. The Kier molecular flexibility index (Phi) is 7.50. The molecule has 0 spiro atoms. The van der Waals surface area contributed by atoms with Crippen LogP contribution in [0.15, 0.2) is 54.6 Å². The van der Waals surface area contributed by atoms with Crippen LogP contribution in [0.3, 0.4) is 0 Å². The fraction of sp³-hybridized carbons (Fsp3) is 0.381. The third-order valence-corrected chi connectivity index (χ3v) is 4.40. The van der Waals surface area contributed by atoms with E-state index < -0.39 is 0 Å². The number of hydrogen-bond donors (Lipinski definition) is 2. The first-order valence-corrected chi connectivity index (χ1v) is 9.39. The van der Waals surface area contributed by atoms with Crippen LogP contribution in [0.2, 0.25) is 0 Å². The number of benzene rings is 2. The average molecular weight is 369 g/mol. The van der Waals surface area contributed by atoms with Gasteiger partial charge in [-0.2, -0.15) is 0 Å². The standard InChI is InChI=1S/C21H27N3O3/c25-21(23-12-15-24-13-10-22-11-14-24)17-27-20-8-6-19(7-9-20)26-16-18-4-2-1-3-5-18/h1-9,22H,10-17H2,(H,23,25). The SMILES string of the molecule is O=C(COc1ccc(OCc2ccccc2)cc1)NCCN1CCNCC1. The summed E-state index contributed by atoms with van der Waals surface area (Å²) in [6.07, 6.45) is 0. The summed E-state index contributed by atoms with van der Waals surface area (Å²) in [7, 11) is 0. The van der Waals surface area contributed by atoms with Crippen LogP contribution in [-0.4, -0.2) is 56.7 Å². The van der Waals surface area contributed by atoms with E-state index in [4.69, 9.17) is 9.47 Å². The lowest BCUT2D eigenvalue weighted by Gasteiger charge is -2.27. The molecule has 2 aromatic rings. The lowest BCUT2D eigenvalue weighted by molar-refractivity contribution is -0.123. The highest BCUT2D eigenvalue weighted by atomic mass is 16.5. The number of ether oxygens (including phenoxy) is 2. The first-order valence-electron chi connectivity index (χ1n) is 9.39. The second-order valence-electron chi connectivity index (χ2n) is 6.48. The molecule has 144 valence electrons. The maximum atomic E-state index is 11.9. The fourth-order valence-electron chi connectivity index (χ4n) is 2.86. The van der Waals surface area contributed by atoms with Gasteiger partial charge in [0.1, 0.15) is 18.1 Å². The number of piperazine rings is 1. The summed E-state index contributed by atoms with van der Waals surface area (Å²) in [4.78, 5) is 14.2. The Hall–Kier alpha value is -2.57. The smallest absolute Gasteiger partial charge is 0.257 e. The number of rotatable bonds is 9. The number of amides is 1. The van der Waals surface area contributed by atoms with Gasteiger partial charge in [-0.25, -0.2) is 0 Å². The predicted octanol–water partition coefficient (Wildman–Crippen LogP) is 1.67. The summed E-state index contributed by atoms with van der Waals surface area (Å²) in [6.45, 7) is 6.16. The lowest BCUT2D eigenvalue weighted by atomic mass is 10.2. The van der Waals surface area contributed by atoms with Crippen LogP contribution in [0.1, 0.15) is 5.56 Å². The number of carbonyl (C=O) groups excluding carboxylic acids is 1. The molecule has 1 fully saturated rings. The van der Waals surface area contributed by atoms with E-state index in [1.165, 1.54) is 0 Å². The van der Waals surface area contributed by atoms with Crippen molar-refractivity contribution < 1.29 is 14.3 Å². The molecule has 2 aromatic carbocycles. The molecule has 1 heterocycles. The molecule has 0 unspecified atom stereocenters. The molecule has 0 bridgehead atoms. The first-order chi connectivity index (χ1) is 13.3. The number of nitrogens with one attached hydrogen (secondary N) is 2. The Labute approximate surface area is 160 Å². The average Bonchev–Trinajstić information content (AvgIpc) is 2.73. The zero-order valence-electron chi connectivity index (χ0n) is 15.5. The van der Waals surface area contributed by atoms with E-state index in [0.29, 0.717) is 18.9 Å². The minimum atomic E-state index is -0.102. The Morgan fingerprint density at radius 3 is 2.33 bits per heavy atom. The van der Waals surface area contributed by atoms with Crippen LogP contribution in [-0.2, 0) is 11.4 Å². The summed E-state index contributed by atoms with van der Waals surface area (Å²) in [6, 6.07) is 17.3. The van der Waals surface area contributed by atoms with E-state index in [-0.39, 0.29) is 12.5 Å². The van der Waals surface area contributed by atoms with Crippen LogP contribution >= 0.6 is 0 Å². The highest BCUT2D eigenvalue weighted by molar-refractivity contribution is 5.77. The van der Waals surface area contributed by atoms with E-state index in [9.17, 15) is 4.79 Å². The molecule has 27 heavy (non-hydrogen) atoms. The molecule has 0 saturated carbocycles. The molecule has 1 saturated heterocycles. The van der Waals surface area contributed by atoms with Crippen LogP contribution in [0.4, 0.5) is 0 Å². The molecule has 0 aromatic heterocycles. The highest BCUT2D eigenvalue weighted by Crippen LogP contribution is 2.18. The Bertz CT molecular complexity index is 686. The molecule has 1 amide bonds. The van der Waals surface area contributed by atoms with Crippen molar-refractivity contribution >= 4 is 5.91 Å². The molecule has 3 rings (SSSR count). The topological polar surface area (TPSA) is 62.8 Å². The summed E-state index contributed by atoms with van der Waals surface area (Å²) in [5, 5.41) is 6.21. The number of nitrogens with zero attached hydrogens (tertiary/aromatic N) is 1. The molecule has 0 atom stereocenters. The van der Waals surface area contributed by atoms with Crippen LogP contribution in [0, 0.1) is 0 Å². The monoisotopic (exact) mass is 369 g/mol. The van der Waals surface area contributed by atoms with Crippen molar-refractivity contribution in [3.63, 3.8) is 0 Å². The van der Waals surface area contributed by atoms with Crippen molar-refractivity contribution in [3.8, 4) is 11.5 Å². The van der Waals surface area contributed by atoms with Gasteiger partial charge in [0.15, 0.2) is 6.61 Å². The first kappa shape index (κ1) is 19.2. The molecule has 2 N–H and O–H groups in total. The fourth-order valence-corrected chi connectivity index (χ4v) is 2.86. The Morgan fingerprint density at radius 2 is 1.63 bits per heavy atom. The van der Waals surface area contributed by atoms with Crippen LogP contribution < -0.4 is 20.1 Å². The molecule has 6 heteroatoms. The number of carbonyl (C=O) groups is 1. The summed E-state index contributed by atoms with van der Waals surface area (Å²) in [5.74, 6) is 1.32. The minimum absolute atomic E-state index is 0.0196. The van der Waals surface area contributed by atoms with Crippen molar-refractivity contribution in [2.75, 3.05) is 45.9 Å². The van der Waals surface area contributed by atoms with Crippen molar-refractivity contribution in [2.24, 2.45) is 0 Å². The van der Waals surface area contributed by atoms with Gasteiger partial charge in [0, 0.05) is 39.3 Å². The molecular weight excluding hydrogens is 342 g/mol. The van der Waals surface area contributed by atoms with Gasteiger partial charge < -0.3 is 20.1 Å². The molecule has 1 aliphatic heterocycles. The molecule has 0 radical (unpaired) electrons. The van der Waals surface area contributed by atoms with Gasteiger partial charge in [-0.1, -0.05) is 30.3 Å². The zero-order valence-corrected chi connectivity index (χ0v) is 15.5. The third kappa shape index (κ3) is 6.92. The molecule has 1 aliphatic rings. The number of hydrogen-bond acceptors (Lipinski definition) is 5. The van der Waals surface area contributed by atoms with Gasteiger partial charge in [-0.3, -0.25) is 9.69 Å². The van der Waals surface area contributed by atoms with E-state index in [0.717, 1.165) is 44.0 Å². The maximum Gasteiger partial charge on any atom is 0.257 e. The van der Waals surface area contributed by atoms with Gasteiger partial charge in [0.05, 0.1) is 0 Å².